The standard InChI is InChI=1S/C11H12FN3O/c1-16-7-6-15-8-11(13-14-15)9-2-4-10(12)5-3-9/h2-5,8H,6-7H2,1H3. The Morgan fingerprint density at radius 3 is 2.75 bits per heavy atom. The summed E-state index contributed by atoms with van der Waals surface area (Å²) < 4.78 is 19.4. The average Bonchev–Trinajstić information content (AvgIpc) is 2.76. The molecule has 2 aromatic rings. The lowest BCUT2D eigenvalue weighted by Gasteiger charge is -1.97. The molecule has 16 heavy (non-hydrogen) atoms. The highest BCUT2D eigenvalue weighted by Crippen LogP contribution is 2.15. The van der Waals surface area contributed by atoms with Crippen molar-refractivity contribution in [1.29, 1.82) is 0 Å². The van der Waals surface area contributed by atoms with Crippen LogP contribution in [0.25, 0.3) is 11.3 Å². The zero-order chi connectivity index (χ0) is 11.4. The van der Waals surface area contributed by atoms with Crippen molar-refractivity contribution >= 4 is 0 Å². The normalized spacial score (nSPS) is 10.6. The first-order chi connectivity index (χ1) is 7.79. The quantitative estimate of drug-likeness (QED) is 0.789. The van der Waals surface area contributed by atoms with Crippen molar-refractivity contribution in [3.63, 3.8) is 0 Å². The molecule has 0 amide bonds. The largest absolute Gasteiger partial charge is 0.383 e. The van der Waals surface area contributed by atoms with Crippen molar-refractivity contribution in [3.05, 3.63) is 36.3 Å². The van der Waals surface area contributed by atoms with Gasteiger partial charge in [-0.25, -0.2) is 9.07 Å². The fraction of sp³-hybridized carbons (Fsp3) is 0.273. The Kier molecular flexibility index (Phi) is 3.26. The Bertz CT molecular complexity index is 453. The summed E-state index contributed by atoms with van der Waals surface area (Å²) >= 11 is 0. The van der Waals surface area contributed by atoms with Gasteiger partial charge in [0.15, 0.2) is 0 Å². The maximum atomic E-state index is 12.7. The van der Waals surface area contributed by atoms with E-state index in [1.807, 2.05) is 6.20 Å². The van der Waals surface area contributed by atoms with Gasteiger partial charge in [0.25, 0.3) is 0 Å². The van der Waals surface area contributed by atoms with Crippen molar-refractivity contribution in [2.75, 3.05) is 13.7 Å². The molecule has 0 aliphatic rings. The van der Waals surface area contributed by atoms with Gasteiger partial charge in [0, 0.05) is 12.7 Å². The minimum atomic E-state index is -0.254. The van der Waals surface area contributed by atoms with Gasteiger partial charge in [-0.15, -0.1) is 5.10 Å². The Morgan fingerprint density at radius 2 is 2.06 bits per heavy atom. The van der Waals surface area contributed by atoms with E-state index in [2.05, 4.69) is 10.3 Å². The Hall–Kier alpha value is -1.75. The van der Waals surface area contributed by atoms with Gasteiger partial charge in [-0.05, 0) is 24.3 Å². The van der Waals surface area contributed by atoms with Crippen LogP contribution in [-0.4, -0.2) is 28.7 Å². The minimum absolute atomic E-state index is 0.254. The molecule has 84 valence electrons. The minimum Gasteiger partial charge on any atom is -0.383 e. The van der Waals surface area contributed by atoms with E-state index in [1.54, 1.807) is 23.9 Å². The lowest BCUT2D eigenvalue weighted by atomic mass is 10.2. The van der Waals surface area contributed by atoms with Gasteiger partial charge in [0.1, 0.15) is 11.5 Å². The molecular formula is C11H12FN3O. The van der Waals surface area contributed by atoms with E-state index < -0.39 is 0 Å². The average molecular weight is 221 g/mol. The second kappa shape index (κ2) is 4.85. The fourth-order valence-electron chi connectivity index (χ4n) is 1.35. The first-order valence-corrected chi connectivity index (χ1v) is 4.94. The molecule has 0 unspecified atom stereocenters. The van der Waals surface area contributed by atoms with E-state index in [1.165, 1.54) is 12.1 Å². The summed E-state index contributed by atoms with van der Waals surface area (Å²) in [7, 11) is 1.64. The van der Waals surface area contributed by atoms with Crippen LogP contribution in [0, 0.1) is 5.82 Å². The van der Waals surface area contributed by atoms with E-state index in [-0.39, 0.29) is 5.82 Å². The number of methoxy groups -OCH3 is 1. The van der Waals surface area contributed by atoms with Crippen molar-refractivity contribution in [2.45, 2.75) is 6.54 Å². The van der Waals surface area contributed by atoms with Crippen LogP contribution in [-0.2, 0) is 11.3 Å². The number of aromatic nitrogens is 3. The number of nitrogens with zero attached hydrogens (tertiary/aromatic N) is 3. The van der Waals surface area contributed by atoms with E-state index in [4.69, 9.17) is 4.74 Å². The van der Waals surface area contributed by atoms with Gasteiger partial charge in [-0.2, -0.15) is 0 Å². The van der Waals surface area contributed by atoms with Gasteiger partial charge in [0.2, 0.25) is 0 Å². The maximum absolute atomic E-state index is 12.7. The molecule has 0 saturated heterocycles. The molecular weight excluding hydrogens is 209 g/mol. The number of halogens is 1. The van der Waals surface area contributed by atoms with Crippen molar-refractivity contribution < 1.29 is 9.13 Å². The summed E-state index contributed by atoms with van der Waals surface area (Å²) in [6, 6.07) is 6.17. The molecule has 0 fully saturated rings. The first kappa shape index (κ1) is 10.8. The van der Waals surface area contributed by atoms with Crippen molar-refractivity contribution in [2.24, 2.45) is 0 Å². The SMILES string of the molecule is COCCn1cc(-c2ccc(F)cc2)nn1. The van der Waals surface area contributed by atoms with Gasteiger partial charge in [-0.1, -0.05) is 5.21 Å². The summed E-state index contributed by atoms with van der Waals surface area (Å²) in [5.41, 5.74) is 1.58. The highest BCUT2D eigenvalue weighted by Gasteiger charge is 2.03. The molecule has 0 aliphatic heterocycles. The van der Waals surface area contributed by atoms with Gasteiger partial charge < -0.3 is 4.74 Å². The lowest BCUT2D eigenvalue weighted by molar-refractivity contribution is 0.183. The Morgan fingerprint density at radius 1 is 1.31 bits per heavy atom. The smallest absolute Gasteiger partial charge is 0.123 e. The molecule has 0 radical (unpaired) electrons. The summed E-state index contributed by atoms with van der Waals surface area (Å²) in [6.07, 6.45) is 1.81. The molecule has 2 rings (SSSR count). The van der Waals surface area contributed by atoms with Crippen LogP contribution < -0.4 is 0 Å². The second-order valence-electron chi connectivity index (χ2n) is 3.37. The number of hydrogen-bond donors (Lipinski definition) is 0. The van der Waals surface area contributed by atoms with Crippen LogP contribution in [0.2, 0.25) is 0 Å². The first-order valence-electron chi connectivity index (χ1n) is 4.94. The molecule has 5 heteroatoms. The third-order valence-corrected chi connectivity index (χ3v) is 2.20. The molecule has 1 aromatic heterocycles. The third kappa shape index (κ3) is 2.43. The van der Waals surface area contributed by atoms with E-state index in [0.29, 0.717) is 13.2 Å². The van der Waals surface area contributed by atoms with Crippen LogP contribution in [0.15, 0.2) is 30.5 Å². The summed E-state index contributed by atoms with van der Waals surface area (Å²) in [5.74, 6) is -0.254. The number of ether oxygens (including phenoxy) is 1. The predicted octanol–water partition coefficient (Wildman–Crippen LogP) is 1.73. The molecule has 0 saturated carbocycles. The summed E-state index contributed by atoms with van der Waals surface area (Å²) in [5, 5.41) is 7.95. The highest BCUT2D eigenvalue weighted by molar-refractivity contribution is 5.57. The molecule has 0 N–H and O–H groups in total. The number of rotatable bonds is 4. The summed E-state index contributed by atoms with van der Waals surface area (Å²) in [6.45, 7) is 1.25. The molecule has 0 spiro atoms. The molecule has 0 aliphatic carbocycles. The van der Waals surface area contributed by atoms with Crippen LogP contribution in [0.1, 0.15) is 0 Å². The fourth-order valence-corrected chi connectivity index (χ4v) is 1.35. The van der Waals surface area contributed by atoms with Crippen LogP contribution in [0.4, 0.5) is 4.39 Å². The van der Waals surface area contributed by atoms with Gasteiger partial charge in [0.05, 0.1) is 19.3 Å². The van der Waals surface area contributed by atoms with E-state index in [0.717, 1.165) is 11.3 Å². The van der Waals surface area contributed by atoms with Crippen molar-refractivity contribution in [3.8, 4) is 11.3 Å². The van der Waals surface area contributed by atoms with Gasteiger partial charge >= 0.3 is 0 Å². The number of hydrogen-bond acceptors (Lipinski definition) is 3. The molecule has 0 bridgehead atoms. The molecule has 1 heterocycles. The van der Waals surface area contributed by atoms with E-state index >= 15 is 0 Å². The van der Waals surface area contributed by atoms with Crippen LogP contribution >= 0.6 is 0 Å². The Labute approximate surface area is 92.7 Å². The second-order valence-corrected chi connectivity index (χ2v) is 3.37. The molecule has 0 atom stereocenters. The van der Waals surface area contributed by atoms with Crippen LogP contribution in [0.5, 0.6) is 0 Å². The summed E-state index contributed by atoms with van der Waals surface area (Å²) in [4.78, 5) is 0. The molecule has 4 nitrogen and oxygen atoms in total. The lowest BCUT2D eigenvalue weighted by Crippen LogP contribution is -2.04. The van der Waals surface area contributed by atoms with Crippen LogP contribution in [0.3, 0.4) is 0 Å². The zero-order valence-corrected chi connectivity index (χ0v) is 8.93. The topological polar surface area (TPSA) is 39.9 Å². The van der Waals surface area contributed by atoms with Crippen molar-refractivity contribution in [1.82, 2.24) is 15.0 Å². The monoisotopic (exact) mass is 221 g/mol. The van der Waals surface area contributed by atoms with Gasteiger partial charge in [-0.3, -0.25) is 0 Å². The highest BCUT2D eigenvalue weighted by atomic mass is 19.1. The maximum Gasteiger partial charge on any atom is 0.123 e. The van der Waals surface area contributed by atoms with E-state index in [9.17, 15) is 4.39 Å². The zero-order valence-electron chi connectivity index (χ0n) is 8.93. The Balaban J connectivity index is 2.15. The molecule has 1 aromatic carbocycles. The predicted molar refractivity (Wildman–Crippen MR) is 57.3 cm³/mol. The third-order valence-electron chi connectivity index (χ3n) is 2.20. The number of benzene rings is 1.